The van der Waals surface area contributed by atoms with Crippen molar-refractivity contribution in [2.45, 2.75) is 19.9 Å². The quantitative estimate of drug-likeness (QED) is 0.397. The molecule has 4 aromatic rings. The van der Waals surface area contributed by atoms with Crippen LogP contribution in [0.3, 0.4) is 0 Å². The number of aromatic nitrogens is 3. The van der Waals surface area contributed by atoms with E-state index in [0.29, 0.717) is 30.2 Å². The first-order valence-electron chi connectivity index (χ1n) is 12.9. The largest absolute Gasteiger partial charge is 0.496 e. The van der Waals surface area contributed by atoms with Crippen LogP contribution in [0, 0.1) is 0 Å². The fourth-order valence-corrected chi connectivity index (χ4v) is 4.90. The predicted molar refractivity (Wildman–Crippen MR) is 149 cm³/mol. The number of methoxy groups -OCH3 is 1. The van der Waals surface area contributed by atoms with Crippen LogP contribution < -0.4 is 10.5 Å². The second kappa shape index (κ2) is 11.4. The SMILES string of the molecule is CCc1ncnc(-c2ccc(C(=O)N3CCN(Cc4ccccc4)CC3)c(OC)c2)c1-c1ccc(N)nc1. The van der Waals surface area contributed by atoms with E-state index >= 15 is 0 Å². The minimum atomic E-state index is -0.0207. The van der Waals surface area contributed by atoms with E-state index in [1.807, 2.05) is 35.2 Å². The zero-order valence-electron chi connectivity index (χ0n) is 21.8. The second-order valence-electron chi connectivity index (χ2n) is 9.34. The van der Waals surface area contributed by atoms with E-state index in [-0.39, 0.29) is 5.91 Å². The molecule has 1 saturated heterocycles. The number of carbonyl (C=O) groups excluding carboxylic acids is 1. The number of piperazine rings is 1. The van der Waals surface area contributed by atoms with Crippen LogP contribution in [0.4, 0.5) is 5.82 Å². The Morgan fingerprint density at radius 2 is 1.71 bits per heavy atom. The number of ether oxygens (including phenoxy) is 1. The summed E-state index contributed by atoms with van der Waals surface area (Å²) in [5, 5.41) is 0. The van der Waals surface area contributed by atoms with E-state index in [9.17, 15) is 4.79 Å². The third-order valence-electron chi connectivity index (χ3n) is 6.95. The molecule has 0 radical (unpaired) electrons. The van der Waals surface area contributed by atoms with Gasteiger partial charge in [0.15, 0.2) is 0 Å². The molecule has 0 saturated carbocycles. The number of carbonyl (C=O) groups is 1. The fraction of sp³-hybridized carbons (Fsp3) is 0.267. The lowest BCUT2D eigenvalue weighted by molar-refractivity contribution is 0.0625. The Balaban J connectivity index is 1.38. The Hall–Kier alpha value is -4.30. The number of nitrogens with zero attached hydrogens (tertiary/aromatic N) is 5. The van der Waals surface area contributed by atoms with Crippen LogP contribution in [0.15, 0.2) is 73.2 Å². The highest BCUT2D eigenvalue weighted by Crippen LogP contribution is 2.35. The fourth-order valence-electron chi connectivity index (χ4n) is 4.90. The summed E-state index contributed by atoms with van der Waals surface area (Å²) >= 11 is 0. The molecule has 38 heavy (non-hydrogen) atoms. The van der Waals surface area contributed by atoms with Crippen LogP contribution in [0.25, 0.3) is 22.4 Å². The molecule has 2 N–H and O–H groups in total. The van der Waals surface area contributed by atoms with Gasteiger partial charge < -0.3 is 15.4 Å². The monoisotopic (exact) mass is 508 g/mol. The summed E-state index contributed by atoms with van der Waals surface area (Å²) in [4.78, 5) is 31.2. The Labute approximate surface area is 223 Å². The lowest BCUT2D eigenvalue weighted by Crippen LogP contribution is -2.48. The zero-order valence-corrected chi connectivity index (χ0v) is 21.8. The molecule has 0 spiro atoms. The van der Waals surface area contributed by atoms with Crippen LogP contribution in [-0.4, -0.2) is 63.9 Å². The standard InChI is InChI=1S/C30H32N6O2/c1-3-25-28(23-10-12-27(31)32-18-23)29(34-20-33-25)22-9-11-24(26(17-22)38-2)30(37)36-15-13-35(14-16-36)19-21-7-5-4-6-8-21/h4-12,17-18,20H,3,13-16,19H2,1-2H3,(H2,31,32). The molecule has 2 aromatic carbocycles. The average molecular weight is 509 g/mol. The predicted octanol–water partition coefficient (Wildman–Crippen LogP) is 4.32. The maximum Gasteiger partial charge on any atom is 0.257 e. The van der Waals surface area contributed by atoms with Crippen LogP contribution in [0.1, 0.15) is 28.5 Å². The number of anilines is 1. The maximum atomic E-state index is 13.5. The Bertz CT molecular complexity index is 1400. The van der Waals surface area contributed by atoms with Gasteiger partial charge in [-0.25, -0.2) is 15.0 Å². The van der Waals surface area contributed by atoms with Gasteiger partial charge in [-0.2, -0.15) is 0 Å². The van der Waals surface area contributed by atoms with E-state index in [4.69, 9.17) is 10.5 Å². The molecule has 3 heterocycles. The van der Waals surface area contributed by atoms with Gasteiger partial charge in [-0.05, 0) is 36.2 Å². The number of amides is 1. The normalized spacial score (nSPS) is 13.9. The average Bonchev–Trinajstić information content (AvgIpc) is 2.97. The van der Waals surface area contributed by atoms with Crippen molar-refractivity contribution in [2.75, 3.05) is 39.0 Å². The van der Waals surface area contributed by atoms with E-state index in [1.54, 1.807) is 25.7 Å². The molecule has 8 heteroatoms. The number of nitrogen functional groups attached to an aromatic ring is 1. The molecule has 0 aliphatic carbocycles. The number of benzene rings is 2. The van der Waals surface area contributed by atoms with Gasteiger partial charge in [0.05, 0.1) is 24.1 Å². The van der Waals surface area contributed by atoms with Gasteiger partial charge >= 0.3 is 0 Å². The molecule has 0 bridgehead atoms. The number of rotatable bonds is 7. The Kier molecular flexibility index (Phi) is 7.60. The molecule has 194 valence electrons. The van der Waals surface area contributed by atoms with Crippen molar-refractivity contribution in [3.63, 3.8) is 0 Å². The van der Waals surface area contributed by atoms with E-state index in [1.165, 1.54) is 5.56 Å². The molecule has 1 aliphatic heterocycles. The molecule has 1 amide bonds. The topological polar surface area (TPSA) is 97.5 Å². The lowest BCUT2D eigenvalue weighted by atomic mass is 9.96. The first kappa shape index (κ1) is 25.4. The van der Waals surface area contributed by atoms with Crippen molar-refractivity contribution in [3.05, 3.63) is 90.0 Å². The van der Waals surface area contributed by atoms with E-state index < -0.39 is 0 Å². The van der Waals surface area contributed by atoms with Crippen LogP contribution >= 0.6 is 0 Å². The van der Waals surface area contributed by atoms with E-state index in [0.717, 1.165) is 54.1 Å². The molecule has 8 nitrogen and oxygen atoms in total. The number of hydrogen-bond acceptors (Lipinski definition) is 7. The van der Waals surface area contributed by atoms with Crippen molar-refractivity contribution < 1.29 is 9.53 Å². The molecular formula is C30H32N6O2. The second-order valence-corrected chi connectivity index (χ2v) is 9.34. The summed E-state index contributed by atoms with van der Waals surface area (Å²) < 4.78 is 5.71. The summed E-state index contributed by atoms with van der Waals surface area (Å²) in [6.07, 6.45) is 4.05. The van der Waals surface area contributed by atoms with Gasteiger partial charge in [0, 0.05) is 55.6 Å². The highest BCUT2D eigenvalue weighted by atomic mass is 16.5. The van der Waals surface area contributed by atoms with Crippen LogP contribution in [0.5, 0.6) is 5.75 Å². The van der Waals surface area contributed by atoms with Crippen LogP contribution in [-0.2, 0) is 13.0 Å². The zero-order chi connectivity index (χ0) is 26.5. The summed E-state index contributed by atoms with van der Waals surface area (Å²) in [7, 11) is 1.59. The molecular weight excluding hydrogens is 476 g/mol. The molecule has 5 rings (SSSR count). The minimum Gasteiger partial charge on any atom is -0.496 e. The number of hydrogen-bond donors (Lipinski definition) is 1. The number of aryl methyl sites for hydroxylation is 1. The van der Waals surface area contributed by atoms with Gasteiger partial charge in [0.1, 0.15) is 17.9 Å². The third-order valence-corrected chi connectivity index (χ3v) is 6.95. The number of nitrogens with two attached hydrogens (primary N) is 1. The van der Waals surface area contributed by atoms with Gasteiger partial charge in [0.25, 0.3) is 5.91 Å². The first-order chi connectivity index (χ1) is 18.6. The highest BCUT2D eigenvalue weighted by molar-refractivity contribution is 5.98. The molecule has 0 atom stereocenters. The summed E-state index contributed by atoms with van der Waals surface area (Å²) in [6.45, 7) is 5.97. The molecule has 0 unspecified atom stereocenters. The molecule has 1 aliphatic rings. The number of pyridine rings is 1. The Morgan fingerprint density at radius 3 is 2.39 bits per heavy atom. The van der Waals surface area contributed by atoms with E-state index in [2.05, 4.69) is 51.0 Å². The summed E-state index contributed by atoms with van der Waals surface area (Å²) in [5.74, 6) is 0.959. The van der Waals surface area contributed by atoms with Crippen molar-refractivity contribution in [1.29, 1.82) is 0 Å². The van der Waals surface area contributed by atoms with Crippen LogP contribution in [0.2, 0.25) is 0 Å². The summed E-state index contributed by atoms with van der Waals surface area (Å²) in [6, 6.07) is 19.8. The van der Waals surface area contributed by atoms with Gasteiger partial charge in [0.2, 0.25) is 0 Å². The first-order valence-corrected chi connectivity index (χ1v) is 12.9. The van der Waals surface area contributed by atoms with Gasteiger partial charge in [-0.1, -0.05) is 43.3 Å². The van der Waals surface area contributed by atoms with Crippen molar-refractivity contribution >= 4 is 11.7 Å². The molecule has 2 aromatic heterocycles. The lowest BCUT2D eigenvalue weighted by Gasteiger charge is -2.35. The smallest absolute Gasteiger partial charge is 0.257 e. The minimum absolute atomic E-state index is 0.0207. The van der Waals surface area contributed by atoms with Crippen molar-refractivity contribution in [1.82, 2.24) is 24.8 Å². The highest BCUT2D eigenvalue weighted by Gasteiger charge is 2.25. The summed E-state index contributed by atoms with van der Waals surface area (Å²) in [5.41, 5.74) is 12.0. The van der Waals surface area contributed by atoms with Gasteiger partial charge in [-0.15, -0.1) is 0 Å². The van der Waals surface area contributed by atoms with Crippen molar-refractivity contribution in [3.8, 4) is 28.1 Å². The molecule has 1 fully saturated rings. The maximum absolute atomic E-state index is 13.5. The Morgan fingerprint density at radius 1 is 0.947 bits per heavy atom. The van der Waals surface area contributed by atoms with Gasteiger partial charge in [-0.3, -0.25) is 9.69 Å². The third kappa shape index (κ3) is 5.35. The van der Waals surface area contributed by atoms with Crippen molar-refractivity contribution in [2.24, 2.45) is 0 Å².